The van der Waals surface area contributed by atoms with Crippen LogP contribution >= 0.6 is 11.8 Å². The van der Waals surface area contributed by atoms with Crippen LogP contribution in [0.5, 0.6) is 0 Å². The first-order valence-electron chi connectivity index (χ1n) is 5.87. The highest BCUT2D eigenvalue weighted by atomic mass is 32.2. The van der Waals surface area contributed by atoms with Crippen molar-refractivity contribution >= 4 is 17.7 Å². The number of ether oxygens (including phenoxy) is 1. The SMILES string of the molecule is CCOC(=O)CCC1(O)CSCCC1(C)C. The molecule has 0 aromatic rings. The molecule has 0 saturated carbocycles. The number of rotatable bonds is 4. The summed E-state index contributed by atoms with van der Waals surface area (Å²) in [7, 11) is 0. The summed E-state index contributed by atoms with van der Waals surface area (Å²) in [4.78, 5) is 11.3. The highest BCUT2D eigenvalue weighted by molar-refractivity contribution is 7.99. The van der Waals surface area contributed by atoms with Crippen molar-refractivity contribution in [3.8, 4) is 0 Å². The quantitative estimate of drug-likeness (QED) is 0.773. The topological polar surface area (TPSA) is 46.5 Å². The van der Waals surface area contributed by atoms with Crippen molar-refractivity contribution in [2.24, 2.45) is 5.41 Å². The van der Waals surface area contributed by atoms with E-state index in [0.717, 1.165) is 17.9 Å². The van der Waals surface area contributed by atoms with Gasteiger partial charge in [0.25, 0.3) is 0 Å². The predicted octanol–water partition coefficient (Wildman–Crippen LogP) is 2.22. The van der Waals surface area contributed by atoms with E-state index in [4.69, 9.17) is 4.74 Å². The van der Waals surface area contributed by atoms with Gasteiger partial charge in [-0.25, -0.2) is 0 Å². The lowest BCUT2D eigenvalue weighted by atomic mass is 9.71. The van der Waals surface area contributed by atoms with Gasteiger partial charge in [0, 0.05) is 12.2 Å². The molecule has 0 radical (unpaired) electrons. The third kappa shape index (κ3) is 3.14. The Bertz CT molecular complexity index is 253. The zero-order chi connectivity index (χ0) is 12.2. The van der Waals surface area contributed by atoms with Crippen molar-refractivity contribution < 1.29 is 14.6 Å². The molecule has 4 heteroatoms. The maximum absolute atomic E-state index is 11.3. The van der Waals surface area contributed by atoms with Crippen LogP contribution in [0.15, 0.2) is 0 Å². The zero-order valence-electron chi connectivity index (χ0n) is 10.4. The Hall–Kier alpha value is -0.220. The summed E-state index contributed by atoms with van der Waals surface area (Å²) < 4.78 is 4.89. The molecular weight excluding hydrogens is 224 g/mol. The average Bonchev–Trinajstić information content (AvgIpc) is 2.20. The van der Waals surface area contributed by atoms with E-state index in [1.54, 1.807) is 18.7 Å². The van der Waals surface area contributed by atoms with Gasteiger partial charge in [-0.2, -0.15) is 11.8 Å². The number of aliphatic hydroxyl groups is 1. The fourth-order valence-electron chi connectivity index (χ4n) is 1.95. The molecule has 0 amide bonds. The lowest BCUT2D eigenvalue weighted by Gasteiger charge is -2.46. The Morgan fingerprint density at radius 2 is 2.19 bits per heavy atom. The predicted molar refractivity (Wildman–Crippen MR) is 66.5 cm³/mol. The lowest BCUT2D eigenvalue weighted by Crippen LogP contribution is -2.50. The van der Waals surface area contributed by atoms with Gasteiger partial charge in [-0.15, -0.1) is 0 Å². The molecule has 1 aliphatic rings. The third-order valence-corrected chi connectivity index (χ3v) is 4.69. The van der Waals surface area contributed by atoms with Crippen LogP contribution in [0.1, 0.15) is 40.0 Å². The van der Waals surface area contributed by atoms with Gasteiger partial charge in [-0.05, 0) is 30.9 Å². The van der Waals surface area contributed by atoms with Crippen LogP contribution in [-0.4, -0.2) is 34.8 Å². The minimum atomic E-state index is -0.733. The van der Waals surface area contributed by atoms with Crippen molar-refractivity contribution in [3.63, 3.8) is 0 Å². The number of esters is 1. The Kier molecular flexibility index (Phi) is 4.68. The molecule has 1 atom stereocenters. The summed E-state index contributed by atoms with van der Waals surface area (Å²) in [6.07, 6.45) is 1.82. The van der Waals surface area contributed by atoms with E-state index in [1.807, 2.05) is 0 Å². The van der Waals surface area contributed by atoms with Gasteiger partial charge < -0.3 is 9.84 Å². The average molecular weight is 246 g/mol. The van der Waals surface area contributed by atoms with E-state index >= 15 is 0 Å². The second-order valence-electron chi connectivity index (χ2n) is 5.02. The summed E-state index contributed by atoms with van der Waals surface area (Å²) in [5.41, 5.74) is -0.840. The lowest BCUT2D eigenvalue weighted by molar-refractivity contribution is -0.146. The third-order valence-electron chi connectivity index (χ3n) is 3.52. The molecule has 0 aliphatic carbocycles. The van der Waals surface area contributed by atoms with Crippen LogP contribution in [-0.2, 0) is 9.53 Å². The minimum Gasteiger partial charge on any atom is -0.466 e. The Balaban J connectivity index is 2.52. The van der Waals surface area contributed by atoms with E-state index in [1.165, 1.54) is 0 Å². The van der Waals surface area contributed by atoms with Crippen LogP contribution in [0.3, 0.4) is 0 Å². The number of hydrogen-bond acceptors (Lipinski definition) is 4. The Morgan fingerprint density at radius 1 is 1.50 bits per heavy atom. The fraction of sp³-hybridized carbons (Fsp3) is 0.917. The summed E-state index contributed by atoms with van der Waals surface area (Å²) in [6, 6.07) is 0. The van der Waals surface area contributed by atoms with E-state index in [0.29, 0.717) is 19.4 Å². The van der Waals surface area contributed by atoms with Gasteiger partial charge in [0.1, 0.15) is 0 Å². The number of carbonyl (C=O) groups is 1. The van der Waals surface area contributed by atoms with Crippen molar-refractivity contribution in [2.75, 3.05) is 18.1 Å². The van der Waals surface area contributed by atoms with E-state index in [-0.39, 0.29) is 11.4 Å². The maximum Gasteiger partial charge on any atom is 0.305 e. The molecule has 0 aromatic heterocycles. The van der Waals surface area contributed by atoms with Crippen LogP contribution in [0, 0.1) is 5.41 Å². The van der Waals surface area contributed by atoms with Crippen LogP contribution in [0.2, 0.25) is 0 Å². The van der Waals surface area contributed by atoms with E-state index < -0.39 is 5.60 Å². The minimum absolute atomic E-state index is 0.106. The van der Waals surface area contributed by atoms with E-state index in [2.05, 4.69) is 13.8 Å². The van der Waals surface area contributed by atoms with Gasteiger partial charge >= 0.3 is 5.97 Å². The van der Waals surface area contributed by atoms with Gasteiger partial charge in [0.2, 0.25) is 0 Å². The first-order valence-corrected chi connectivity index (χ1v) is 7.02. The first-order chi connectivity index (χ1) is 7.41. The van der Waals surface area contributed by atoms with Gasteiger partial charge in [-0.1, -0.05) is 13.8 Å². The Morgan fingerprint density at radius 3 is 2.75 bits per heavy atom. The molecule has 3 nitrogen and oxygen atoms in total. The number of hydrogen-bond donors (Lipinski definition) is 1. The largest absolute Gasteiger partial charge is 0.466 e. The smallest absolute Gasteiger partial charge is 0.305 e. The first kappa shape index (κ1) is 13.8. The molecule has 0 bridgehead atoms. The highest BCUT2D eigenvalue weighted by Crippen LogP contribution is 2.44. The van der Waals surface area contributed by atoms with Crippen molar-refractivity contribution in [1.82, 2.24) is 0 Å². The fourth-order valence-corrected chi connectivity index (χ4v) is 3.62. The molecule has 1 unspecified atom stereocenters. The molecule has 1 N–H and O–H groups in total. The highest BCUT2D eigenvalue weighted by Gasteiger charge is 2.45. The van der Waals surface area contributed by atoms with Crippen molar-refractivity contribution in [2.45, 2.75) is 45.6 Å². The maximum atomic E-state index is 11.3. The van der Waals surface area contributed by atoms with Gasteiger partial charge in [-0.3, -0.25) is 4.79 Å². The molecule has 1 heterocycles. The molecule has 1 rings (SSSR count). The molecule has 1 saturated heterocycles. The normalized spacial score (nSPS) is 28.8. The second kappa shape index (κ2) is 5.41. The summed E-state index contributed by atoms with van der Waals surface area (Å²) >= 11 is 1.77. The van der Waals surface area contributed by atoms with Gasteiger partial charge in [0.05, 0.1) is 12.2 Å². The van der Waals surface area contributed by atoms with Gasteiger partial charge in [0.15, 0.2) is 0 Å². The monoisotopic (exact) mass is 246 g/mol. The number of thioether (sulfide) groups is 1. The molecule has 0 spiro atoms. The molecule has 1 aliphatic heterocycles. The molecule has 0 aromatic carbocycles. The molecule has 1 fully saturated rings. The standard InChI is InChI=1S/C12H22O3S/c1-4-15-10(13)5-6-12(14)9-16-8-7-11(12,2)3/h14H,4-9H2,1-3H3. The summed E-state index contributed by atoms with van der Waals surface area (Å²) in [5, 5.41) is 10.6. The molecule has 16 heavy (non-hydrogen) atoms. The summed E-state index contributed by atoms with van der Waals surface area (Å²) in [6.45, 7) is 6.37. The van der Waals surface area contributed by atoms with Crippen molar-refractivity contribution in [3.05, 3.63) is 0 Å². The van der Waals surface area contributed by atoms with Crippen molar-refractivity contribution in [1.29, 1.82) is 0 Å². The molecular formula is C12H22O3S. The van der Waals surface area contributed by atoms with Crippen LogP contribution in [0.25, 0.3) is 0 Å². The number of carbonyl (C=O) groups excluding carboxylic acids is 1. The second-order valence-corrected chi connectivity index (χ2v) is 6.13. The van der Waals surface area contributed by atoms with Crippen LogP contribution < -0.4 is 0 Å². The van der Waals surface area contributed by atoms with E-state index in [9.17, 15) is 9.90 Å². The zero-order valence-corrected chi connectivity index (χ0v) is 11.2. The molecule has 94 valence electrons. The summed E-state index contributed by atoms with van der Waals surface area (Å²) in [5.74, 6) is 1.61. The Labute approximate surface area is 102 Å². The van der Waals surface area contributed by atoms with Crippen LogP contribution in [0.4, 0.5) is 0 Å².